The maximum atomic E-state index is 11.8. The van der Waals surface area contributed by atoms with E-state index in [2.05, 4.69) is 4.98 Å². The Bertz CT molecular complexity index is 840. The molecule has 22 heavy (non-hydrogen) atoms. The summed E-state index contributed by atoms with van der Waals surface area (Å²) in [4.78, 5) is 28.4. The van der Waals surface area contributed by atoms with Gasteiger partial charge in [-0.2, -0.15) is 0 Å². The molecule has 3 aromatic rings. The van der Waals surface area contributed by atoms with Crippen LogP contribution >= 0.6 is 22.9 Å². The number of aromatic nitrogens is 2. The first-order chi connectivity index (χ1) is 10.6. The van der Waals surface area contributed by atoms with Gasteiger partial charge in [0.05, 0.1) is 26.6 Å². The van der Waals surface area contributed by atoms with E-state index in [1.807, 2.05) is 24.3 Å². The smallest absolute Gasteiger partial charge is 0.326 e. The normalized spacial score (nSPS) is 10.8. The van der Waals surface area contributed by atoms with Crippen molar-refractivity contribution >= 4 is 45.7 Å². The summed E-state index contributed by atoms with van der Waals surface area (Å²) < 4.78 is 7.23. The minimum absolute atomic E-state index is 0.0129. The topological polar surface area (TPSA) is 61.2 Å². The Morgan fingerprint density at radius 3 is 2.82 bits per heavy atom. The summed E-state index contributed by atoms with van der Waals surface area (Å²) in [6.07, 6.45) is 1.58. The van der Waals surface area contributed by atoms with E-state index in [0.29, 0.717) is 9.21 Å². The van der Waals surface area contributed by atoms with E-state index >= 15 is 0 Å². The van der Waals surface area contributed by atoms with Crippen molar-refractivity contribution < 1.29 is 14.3 Å². The van der Waals surface area contributed by atoms with Crippen LogP contribution in [0.2, 0.25) is 4.34 Å². The lowest BCUT2D eigenvalue weighted by Gasteiger charge is -2.05. The van der Waals surface area contributed by atoms with Gasteiger partial charge in [0, 0.05) is 0 Å². The Kier molecular flexibility index (Phi) is 4.22. The molecule has 0 bridgehead atoms. The maximum Gasteiger partial charge on any atom is 0.326 e. The summed E-state index contributed by atoms with van der Waals surface area (Å²) in [6, 6.07) is 10.7. The van der Waals surface area contributed by atoms with Crippen molar-refractivity contribution in [2.75, 3.05) is 6.61 Å². The minimum atomic E-state index is -0.487. The van der Waals surface area contributed by atoms with E-state index < -0.39 is 5.97 Å². The number of fused-ring (bicyclic) bond motifs is 1. The number of hydrogen-bond donors (Lipinski definition) is 0. The first-order valence-electron chi connectivity index (χ1n) is 6.47. The molecule has 5 nitrogen and oxygen atoms in total. The fourth-order valence-corrected chi connectivity index (χ4v) is 2.97. The summed E-state index contributed by atoms with van der Waals surface area (Å²) in [5, 5.41) is 0. The summed E-state index contributed by atoms with van der Waals surface area (Å²) in [7, 11) is 0. The lowest BCUT2D eigenvalue weighted by atomic mass is 10.3. The molecule has 2 heterocycles. The lowest BCUT2D eigenvalue weighted by molar-refractivity contribution is -0.143. The zero-order valence-electron chi connectivity index (χ0n) is 11.4. The van der Waals surface area contributed by atoms with Crippen LogP contribution in [0.4, 0.5) is 0 Å². The van der Waals surface area contributed by atoms with Crippen LogP contribution in [-0.4, -0.2) is 27.9 Å². The maximum absolute atomic E-state index is 11.8. The average molecular weight is 335 g/mol. The zero-order chi connectivity index (χ0) is 15.5. The van der Waals surface area contributed by atoms with Crippen LogP contribution in [0.15, 0.2) is 42.7 Å². The molecule has 0 aliphatic carbocycles. The highest BCUT2D eigenvalue weighted by atomic mass is 35.5. The molecule has 0 atom stereocenters. The lowest BCUT2D eigenvalue weighted by Crippen LogP contribution is -2.17. The number of thiophene rings is 1. The number of para-hydroxylation sites is 2. The molecule has 2 aromatic heterocycles. The van der Waals surface area contributed by atoms with Gasteiger partial charge in [0.25, 0.3) is 0 Å². The molecule has 0 aliphatic heterocycles. The number of rotatable bonds is 5. The van der Waals surface area contributed by atoms with Crippen molar-refractivity contribution in [2.24, 2.45) is 0 Å². The third kappa shape index (κ3) is 3.18. The SMILES string of the molecule is O=C(Cn1cnc2ccccc21)OCC(=O)c1ccc(Cl)s1. The number of halogens is 1. The van der Waals surface area contributed by atoms with E-state index in [1.165, 1.54) is 0 Å². The molecule has 0 saturated heterocycles. The molecule has 0 radical (unpaired) electrons. The van der Waals surface area contributed by atoms with Crippen LogP contribution in [0.25, 0.3) is 11.0 Å². The van der Waals surface area contributed by atoms with Gasteiger partial charge >= 0.3 is 5.97 Å². The molecule has 7 heteroatoms. The molecule has 0 fully saturated rings. The first kappa shape index (κ1) is 14.7. The Morgan fingerprint density at radius 2 is 2.05 bits per heavy atom. The third-order valence-corrected chi connectivity index (χ3v) is 4.31. The van der Waals surface area contributed by atoms with Crippen LogP contribution in [-0.2, 0) is 16.1 Å². The van der Waals surface area contributed by atoms with Crippen molar-refractivity contribution in [3.8, 4) is 0 Å². The third-order valence-electron chi connectivity index (χ3n) is 3.04. The van der Waals surface area contributed by atoms with Gasteiger partial charge in [-0.25, -0.2) is 4.98 Å². The molecule has 0 amide bonds. The van der Waals surface area contributed by atoms with Crippen molar-refractivity contribution in [2.45, 2.75) is 6.54 Å². The molecule has 1 aromatic carbocycles. The van der Waals surface area contributed by atoms with Crippen molar-refractivity contribution in [1.29, 1.82) is 0 Å². The highest BCUT2D eigenvalue weighted by Crippen LogP contribution is 2.21. The predicted molar refractivity (Wildman–Crippen MR) is 84.4 cm³/mol. The summed E-state index contributed by atoms with van der Waals surface area (Å²) in [6.45, 7) is -0.276. The van der Waals surface area contributed by atoms with Gasteiger partial charge in [-0.3, -0.25) is 9.59 Å². The Morgan fingerprint density at radius 1 is 1.23 bits per heavy atom. The van der Waals surface area contributed by atoms with Crippen LogP contribution < -0.4 is 0 Å². The number of Topliss-reactive ketones (excluding diaryl/α,β-unsaturated/α-hetero) is 1. The number of imidazole rings is 1. The van der Waals surface area contributed by atoms with E-state index in [9.17, 15) is 9.59 Å². The highest BCUT2D eigenvalue weighted by Gasteiger charge is 2.13. The van der Waals surface area contributed by atoms with Crippen LogP contribution in [0, 0.1) is 0 Å². The summed E-state index contributed by atoms with van der Waals surface area (Å²) >= 11 is 6.93. The van der Waals surface area contributed by atoms with E-state index in [0.717, 1.165) is 22.4 Å². The average Bonchev–Trinajstić information content (AvgIpc) is 3.12. The van der Waals surface area contributed by atoms with E-state index in [-0.39, 0.29) is 18.9 Å². The Labute approximate surface area is 135 Å². The van der Waals surface area contributed by atoms with Gasteiger partial charge in [-0.1, -0.05) is 23.7 Å². The highest BCUT2D eigenvalue weighted by molar-refractivity contribution is 7.18. The monoisotopic (exact) mass is 334 g/mol. The fraction of sp³-hybridized carbons (Fsp3) is 0.133. The summed E-state index contributed by atoms with van der Waals surface area (Å²) in [5.41, 5.74) is 1.65. The van der Waals surface area contributed by atoms with Crippen molar-refractivity contribution in [3.63, 3.8) is 0 Å². The Balaban J connectivity index is 1.60. The number of carbonyl (C=O) groups excluding carboxylic acids is 2. The van der Waals surface area contributed by atoms with Gasteiger partial charge in [-0.15, -0.1) is 11.3 Å². The van der Waals surface area contributed by atoms with Gasteiger partial charge < -0.3 is 9.30 Å². The molecule has 0 unspecified atom stereocenters. The van der Waals surface area contributed by atoms with Crippen LogP contribution in [0.5, 0.6) is 0 Å². The Hall–Kier alpha value is -2.18. The second-order valence-electron chi connectivity index (χ2n) is 4.55. The second-order valence-corrected chi connectivity index (χ2v) is 6.26. The number of esters is 1. The van der Waals surface area contributed by atoms with E-state index in [1.54, 1.807) is 23.0 Å². The number of ketones is 1. The minimum Gasteiger partial charge on any atom is -0.456 e. The van der Waals surface area contributed by atoms with Crippen LogP contribution in [0.3, 0.4) is 0 Å². The molecule has 0 saturated carbocycles. The zero-order valence-corrected chi connectivity index (χ0v) is 12.9. The van der Waals surface area contributed by atoms with Gasteiger partial charge in [0.15, 0.2) is 6.61 Å². The number of nitrogens with zero attached hydrogens (tertiary/aromatic N) is 2. The standard InChI is InChI=1S/C15H11ClN2O3S/c16-14-6-5-13(22-14)12(19)8-21-15(20)7-18-9-17-10-3-1-2-4-11(10)18/h1-6,9H,7-8H2. The molecule has 112 valence electrons. The number of hydrogen-bond acceptors (Lipinski definition) is 5. The molecule has 3 rings (SSSR count). The van der Waals surface area contributed by atoms with E-state index in [4.69, 9.17) is 16.3 Å². The predicted octanol–water partition coefficient (Wildman–Crippen LogP) is 3.18. The van der Waals surface area contributed by atoms with Crippen LogP contribution in [0.1, 0.15) is 9.67 Å². The first-order valence-corrected chi connectivity index (χ1v) is 7.67. The van der Waals surface area contributed by atoms with Crippen molar-refractivity contribution in [3.05, 3.63) is 51.9 Å². The number of ether oxygens (including phenoxy) is 1. The van der Waals surface area contributed by atoms with Gasteiger partial charge in [0.1, 0.15) is 6.54 Å². The largest absolute Gasteiger partial charge is 0.456 e. The molecule has 0 N–H and O–H groups in total. The molecular weight excluding hydrogens is 324 g/mol. The molecule has 0 spiro atoms. The quantitative estimate of drug-likeness (QED) is 0.531. The molecular formula is C15H11ClN2O3S. The van der Waals surface area contributed by atoms with Gasteiger partial charge in [-0.05, 0) is 24.3 Å². The van der Waals surface area contributed by atoms with Crippen molar-refractivity contribution in [1.82, 2.24) is 9.55 Å². The van der Waals surface area contributed by atoms with Gasteiger partial charge in [0.2, 0.25) is 5.78 Å². The molecule has 0 aliphatic rings. The summed E-state index contributed by atoms with van der Waals surface area (Å²) in [5.74, 6) is -0.750. The number of carbonyl (C=O) groups is 2. The number of benzene rings is 1. The second kappa shape index (κ2) is 6.29. The fourth-order valence-electron chi connectivity index (χ4n) is 2.00.